The summed E-state index contributed by atoms with van der Waals surface area (Å²) in [6.45, 7) is 7.89. The quantitative estimate of drug-likeness (QED) is 0.731. The maximum Gasteiger partial charge on any atom is 0.0438 e. The van der Waals surface area contributed by atoms with E-state index < -0.39 is 0 Å². The lowest BCUT2D eigenvalue weighted by Crippen LogP contribution is -2.27. The van der Waals surface area contributed by atoms with Crippen molar-refractivity contribution in [1.29, 1.82) is 0 Å². The third kappa shape index (κ3) is 4.58. The van der Waals surface area contributed by atoms with Gasteiger partial charge in [0.25, 0.3) is 0 Å². The first-order valence-corrected chi connectivity index (χ1v) is 7.63. The van der Waals surface area contributed by atoms with Gasteiger partial charge in [-0.3, -0.25) is 0 Å². The average Bonchev–Trinajstić information content (AvgIpc) is 2.70. The molecule has 1 nitrogen and oxygen atoms in total. The Labute approximate surface area is 102 Å². The molecule has 0 radical (unpaired) electrons. The van der Waals surface area contributed by atoms with Crippen LogP contribution in [0.4, 0.5) is 0 Å². The Hall–Kier alpha value is 0.01000. The number of thioether (sulfide) groups is 1. The summed E-state index contributed by atoms with van der Waals surface area (Å²) < 4.78 is 0. The molecule has 3 heteroatoms. The molecule has 1 atom stereocenters. The molecule has 0 amide bonds. The summed E-state index contributed by atoms with van der Waals surface area (Å²) in [5.41, 5.74) is 0. The monoisotopic (exact) mass is 243 g/mol. The molecule has 15 heavy (non-hydrogen) atoms. The first-order chi connectivity index (χ1) is 7.25. The highest BCUT2D eigenvalue weighted by molar-refractivity contribution is 7.99. The topological polar surface area (TPSA) is 12.0 Å². The molecule has 1 heterocycles. The van der Waals surface area contributed by atoms with Crippen LogP contribution in [0.15, 0.2) is 17.5 Å². The zero-order valence-corrected chi connectivity index (χ0v) is 11.5. The summed E-state index contributed by atoms with van der Waals surface area (Å²) in [4.78, 5) is 1.46. The van der Waals surface area contributed by atoms with E-state index in [9.17, 15) is 0 Å². The Morgan fingerprint density at radius 1 is 1.47 bits per heavy atom. The second-order valence-electron chi connectivity index (χ2n) is 3.89. The van der Waals surface area contributed by atoms with Crippen LogP contribution in [-0.4, -0.2) is 18.1 Å². The van der Waals surface area contributed by atoms with Crippen LogP contribution >= 0.6 is 23.1 Å². The van der Waals surface area contributed by atoms with Crippen LogP contribution in [0.25, 0.3) is 0 Å². The van der Waals surface area contributed by atoms with Crippen molar-refractivity contribution in [2.24, 2.45) is 5.92 Å². The van der Waals surface area contributed by atoms with E-state index in [4.69, 9.17) is 0 Å². The fourth-order valence-electron chi connectivity index (χ4n) is 1.56. The Morgan fingerprint density at radius 3 is 2.80 bits per heavy atom. The van der Waals surface area contributed by atoms with Crippen molar-refractivity contribution in [3.05, 3.63) is 22.4 Å². The molecular formula is C12H21NS2. The molecule has 0 fully saturated rings. The van der Waals surface area contributed by atoms with Crippen molar-refractivity contribution in [2.75, 3.05) is 18.1 Å². The second-order valence-corrected chi connectivity index (χ2v) is 6.26. The Bertz CT molecular complexity index is 244. The third-order valence-electron chi connectivity index (χ3n) is 2.33. The van der Waals surface area contributed by atoms with E-state index in [0.717, 1.165) is 6.54 Å². The van der Waals surface area contributed by atoms with Gasteiger partial charge in [-0.1, -0.05) is 26.8 Å². The van der Waals surface area contributed by atoms with Gasteiger partial charge in [-0.15, -0.1) is 11.3 Å². The summed E-state index contributed by atoms with van der Waals surface area (Å²) in [5.74, 6) is 3.09. The first-order valence-electron chi connectivity index (χ1n) is 5.60. The minimum atomic E-state index is 0.530. The summed E-state index contributed by atoms with van der Waals surface area (Å²) in [5, 5.41) is 5.81. The molecule has 0 aliphatic rings. The molecule has 1 aromatic heterocycles. The highest BCUT2D eigenvalue weighted by atomic mass is 32.2. The van der Waals surface area contributed by atoms with Crippen LogP contribution in [0.1, 0.15) is 31.7 Å². The lowest BCUT2D eigenvalue weighted by Gasteiger charge is -2.21. The third-order valence-corrected chi connectivity index (χ3v) is 4.19. The van der Waals surface area contributed by atoms with E-state index in [0.29, 0.717) is 12.0 Å². The molecule has 1 N–H and O–H groups in total. The molecule has 0 bridgehead atoms. The van der Waals surface area contributed by atoms with Gasteiger partial charge in [0.1, 0.15) is 0 Å². The van der Waals surface area contributed by atoms with Gasteiger partial charge in [-0.2, -0.15) is 11.8 Å². The number of hydrogen-bond donors (Lipinski definition) is 1. The van der Waals surface area contributed by atoms with Crippen LogP contribution in [-0.2, 0) is 0 Å². The van der Waals surface area contributed by atoms with Crippen molar-refractivity contribution < 1.29 is 0 Å². The van der Waals surface area contributed by atoms with Crippen LogP contribution in [0.2, 0.25) is 0 Å². The summed E-state index contributed by atoms with van der Waals surface area (Å²) in [6, 6.07) is 4.90. The van der Waals surface area contributed by atoms with Crippen molar-refractivity contribution in [2.45, 2.75) is 26.8 Å². The lowest BCUT2D eigenvalue weighted by atomic mass is 10.0. The fraction of sp³-hybridized carbons (Fsp3) is 0.667. The van der Waals surface area contributed by atoms with Gasteiger partial charge < -0.3 is 5.32 Å². The summed E-state index contributed by atoms with van der Waals surface area (Å²) in [7, 11) is 0. The van der Waals surface area contributed by atoms with E-state index in [2.05, 4.69) is 43.6 Å². The van der Waals surface area contributed by atoms with Crippen LogP contribution in [0.5, 0.6) is 0 Å². The van der Waals surface area contributed by atoms with E-state index in [1.54, 1.807) is 0 Å². The molecule has 1 unspecified atom stereocenters. The normalized spacial score (nSPS) is 13.3. The molecule has 0 aliphatic heterocycles. The molecular weight excluding hydrogens is 222 g/mol. The van der Waals surface area contributed by atoms with Gasteiger partial charge in [-0.05, 0) is 23.1 Å². The van der Waals surface area contributed by atoms with Crippen molar-refractivity contribution in [3.8, 4) is 0 Å². The molecule has 0 spiro atoms. The molecule has 86 valence electrons. The number of rotatable bonds is 7. The average molecular weight is 243 g/mol. The number of nitrogens with one attached hydrogen (secondary N) is 1. The first kappa shape index (κ1) is 13.1. The largest absolute Gasteiger partial charge is 0.308 e. The van der Waals surface area contributed by atoms with Crippen LogP contribution < -0.4 is 5.32 Å². The molecule has 0 aliphatic carbocycles. The Balaban J connectivity index is 2.39. The van der Waals surface area contributed by atoms with Gasteiger partial charge in [0.05, 0.1) is 0 Å². The Morgan fingerprint density at radius 2 is 2.27 bits per heavy atom. The minimum absolute atomic E-state index is 0.530. The molecule has 0 saturated carbocycles. The second kappa shape index (κ2) is 7.31. The van der Waals surface area contributed by atoms with Crippen molar-refractivity contribution in [1.82, 2.24) is 5.32 Å². The van der Waals surface area contributed by atoms with E-state index >= 15 is 0 Å². The zero-order chi connectivity index (χ0) is 11.1. The van der Waals surface area contributed by atoms with Gasteiger partial charge in [0.2, 0.25) is 0 Å². The molecule has 1 rings (SSSR count). The minimum Gasteiger partial charge on any atom is -0.308 e. The predicted octanol–water partition coefficient (Wildman–Crippen LogP) is 3.79. The number of hydrogen-bond acceptors (Lipinski definition) is 3. The van der Waals surface area contributed by atoms with Crippen molar-refractivity contribution in [3.63, 3.8) is 0 Å². The van der Waals surface area contributed by atoms with Gasteiger partial charge in [0.15, 0.2) is 0 Å². The highest BCUT2D eigenvalue weighted by Crippen LogP contribution is 2.25. The fourth-order valence-corrected chi connectivity index (χ4v) is 3.09. The standard InChI is InChI=1S/C12H21NS2/c1-4-14-9-7-13-12(10(2)3)11-6-5-8-15-11/h5-6,8,10,12-13H,4,7,9H2,1-3H3. The van der Waals surface area contributed by atoms with Gasteiger partial charge in [-0.25, -0.2) is 0 Å². The van der Waals surface area contributed by atoms with E-state index in [1.165, 1.54) is 16.4 Å². The van der Waals surface area contributed by atoms with E-state index in [1.807, 2.05) is 23.1 Å². The molecule has 0 saturated heterocycles. The smallest absolute Gasteiger partial charge is 0.0438 e. The summed E-state index contributed by atoms with van der Waals surface area (Å²) >= 11 is 3.85. The van der Waals surface area contributed by atoms with Gasteiger partial charge in [0, 0.05) is 23.2 Å². The molecule has 0 aromatic carbocycles. The van der Waals surface area contributed by atoms with Crippen LogP contribution in [0, 0.1) is 5.92 Å². The van der Waals surface area contributed by atoms with E-state index in [-0.39, 0.29) is 0 Å². The number of thiophene rings is 1. The Kier molecular flexibility index (Phi) is 6.37. The maximum absolute atomic E-state index is 3.65. The highest BCUT2D eigenvalue weighted by Gasteiger charge is 2.15. The predicted molar refractivity (Wildman–Crippen MR) is 72.9 cm³/mol. The maximum atomic E-state index is 3.65. The zero-order valence-electron chi connectivity index (χ0n) is 9.82. The SMILES string of the molecule is CCSCCNC(c1cccs1)C(C)C. The summed E-state index contributed by atoms with van der Waals surface area (Å²) in [6.07, 6.45) is 0. The van der Waals surface area contributed by atoms with Crippen molar-refractivity contribution >= 4 is 23.1 Å². The lowest BCUT2D eigenvalue weighted by molar-refractivity contribution is 0.429. The van der Waals surface area contributed by atoms with Crippen LogP contribution in [0.3, 0.4) is 0 Å². The molecule has 1 aromatic rings. The van der Waals surface area contributed by atoms with Gasteiger partial charge >= 0.3 is 0 Å².